The average molecular weight is 190 g/mol. The van der Waals surface area contributed by atoms with Crippen molar-refractivity contribution in [2.24, 2.45) is 0 Å². The van der Waals surface area contributed by atoms with Gasteiger partial charge in [-0.3, -0.25) is 0 Å². The lowest BCUT2D eigenvalue weighted by atomic mass is 10.0. The number of nitrogens with one attached hydrogen (secondary N) is 1. The van der Waals surface area contributed by atoms with Gasteiger partial charge in [-0.05, 0) is 31.5 Å². The molecule has 1 aliphatic rings. The molecule has 0 saturated carbocycles. The minimum absolute atomic E-state index is 0.128. The monoisotopic (exact) mass is 190 g/mol. The molecule has 3 heteroatoms. The highest BCUT2D eigenvalue weighted by Crippen LogP contribution is 2.25. The molecule has 1 N–H and O–H groups in total. The predicted octanol–water partition coefficient (Wildman–Crippen LogP) is 2.12. The molecular formula is C11H11FN2. The number of rotatable bonds is 1. The molecule has 1 aromatic carbocycles. The first kappa shape index (κ1) is 9.17. The van der Waals surface area contributed by atoms with E-state index in [-0.39, 0.29) is 11.9 Å². The summed E-state index contributed by atoms with van der Waals surface area (Å²) < 4.78 is 13.5. The van der Waals surface area contributed by atoms with Crippen LogP contribution in [0.2, 0.25) is 0 Å². The van der Waals surface area contributed by atoms with Crippen molar-refractivity contribution in [2.45, 2.75) is 18.9 Å². The lowest BCUT2D eigenvalue weighted by Gasteiger charge is -2.11. The molecule has 0 bridgehead atoms. The van der Waals surface area contributed by atoms with E-state index in [0.717, 1.165) is 19.4 Å². The van der Waals surface area contributed by atoms with Gasteiger partial charge >= 0.3 is 0 Å². The number of nitrogens with zero attached hydrogens (tertiary/aromatic N) is 1. The summed E-state index contributed by atoms with van der Waals surface area (Å²) in [5, 5.41) is 11.8. The van der Waals surface area contributed by atoms with Crippen LogP contribution >= 0.6 is 0 Å². The van der Waals surface area contributed by atoms with E-state index in [2.05, 4.69) is 5.32 Å². The highest BCUT2D eigenvalue weighted by Gasteiger charge is 2.19. The van der Waals surface area contributed by atoms with Gasteiger partial charge in [0.15, 0.2) is 0 Å². The molecule has 0 spiro atoms. The summed E-state index contributed by atoms with van der Waals surface area (Å²) in [6, 6.07) is 6.72. The maximum atomic E-state index is 13.5. The Morgan fingerprint density at radius 3 is 2.93 bits per heavy atom. The first-order valence-corrected chi connectivity index (χ1v) is 4.74. The van der Waals surface area contributed by atoms with Crippen LogP contribution in [-0.2, 0) is 0 Å². The first-order valence-electron chi connectivity index (χ1n) is 4.74. The quantitative estimate of drug-likeness (QED) is 0.736. The zero-order valence-electron chi connectivity index (χ0n) is 7.76. The van der Waals surface area contributed by atoms with E-state index >= 15 is 0 Å². The molecule has 0 amide bonds. The van der Waals surface area contributed by atoms with E-state index in [1.165, 1.54) is 6.07 Å². The fourth-order valence-electron chi connectivity index (χ4n) is 1.83. The van der Waals surface area contributed by atoms with Crippen LogP contribution in [0.25, 0.3) is 0 Å². The van der Waals surface area contributed by atoms with E-state index in [1.807, 2.05) is 6.07 Å². The summed E-state index contributed by atoms with van der Waals surface area (Å²) in [6.45, 7) is 0.949. The third-order valence-electron chi connectivity index (χ3n) is 2.57. The second kappa shape index (κ2) is 3.77. The second-order valence-corrected chi connectivity index (χ2v) is 3.50. The Labute approximate surface area is 82.4 Å². The molecule has 1 heterocycles. The van der Waals surface area contributed by atoms with Gasteiger partial charge in [0.2, 0.25) is 0 Å². The molecule has 1 saturated heterocycles. The Balaban J connectivity index is 2.30. The number of halogens is 1. The fraction of sp³-hybridized carbons (Fsp3) is 0.364. The van der Waals surface area contributed by atoms with Crippen LogP contribution in [0.1, 0.15) is 30.0 Å². The van der Waals surface area contributed by atoms with Crippen LogP contribution in [0.5, 0.6) is 0 Å². The second-order valence-electron chi connectivity index (χ2n) is 3.50. The van der Waals surface area contributed by atoms with Crippen molar-refractivity contribution in [1.29, 1.82) is 5.26 Å². The van der Waals surface area contributed by atoms with Gasteiger partial charge in [0, 0.05) is 11.6 Å². The van der Waals surface area contributed by atoms with Crippen molar-refractivity contribution in [3.63, 3.8) is 0 Å². The highest BCUT2D eigenvalue weighted by atomic mass is 19.1. The molecule has 1 atom stereocenters. The van der Waals surface area contributed by atoms with Gasteiger partial charge in [-0.25, -0.2) is 4.39 Å². The Morgan fingerprint density at radius 2 is 2.36 bits per heavy atom. The molecule has 1 aromatic rings. The molecule has 72 valence electrons. The Morgan fingerprint density at radius 1 is 1.50 bits per heavy atom. The van der Waals surface area contributed by atoms with Crippen LogP contribution in [0.15, 0.2) is 18.2 Å². The summed E-state index contributed by atoms with van der Waals surface area (Å²) in [7, 11) is 0. The molecule has 0 aromatic heterocycles. The van der Waals surface area contributed by atoms with Gasteiger partial charge in [0.1, 0.15) is 5.82 Å². The summed E-state index contributed by atoms with van der Waals surface area (Å²) in [6.07, 6.45) is 2.06. The van der Waals surface area contributed by atoms with Gasteiger partial charge in [-0.2, -0.15) is 5.26 Å². The topological polar surface area (TPSA) is 35.8 Å². The van der Waals surface area contributed by atoms with Crippen molar-refractivity contribution in [3.8, 4) is 6.07 Å². The number of nitriles is 1. The van der Waals surface area contributed by atoms with Crippen LogP contribution in [0, 0.1) is 17.1 Å². The predicted molar refractivity (Wildman–Crippen MR) is 51.1 cm³/mol. The normalized spacial score (nSPS) is 20.7. The molecule has 2 rings (SSSR count). The van der Waals surface area contributed by atoms with Gasteiger partial charge in [-0.1, -0.05) is 6.07 Å². The van der Waals surface area contributed by atoms with Crippen LogP contribution in [0.3, 0.4) is 0 Å². The maximum absolute atomic E-state index is 13.5. The van der Waals surface area contributed by atoms with Gasteiger partial charge in [-0.15, -0.1) is 0 Å². The SMILES string of the molecule is N#Cc1ccc([C@@H]2CCCN2)c(F)c1. The molecular weight excluding hydrogens is 179 g/mol. The summed E-state index contributed by atoms with van der Waals surface area (Å²) in [5.74, 6) is -0.275. The molecule has 0 aliphatic carbocycles. The Bertz CT molecular complexity index is 375. The van der Waals surface area contributed by atoms with Crippen molar-refractivity contribution >= 4 is 0 Å². The highest BCUT2D eigenvalue weighted by molar-refractivity contribution is 5.34. The largest absolute Gasteiger partial charge is 0.310 e. The van der Waals surface area contributed by atoms with Gasteiger partial charge in [0.25, 0.3) is 0 Å². The fourth-order valence-corrected chi connectivity index (χ4v) is 1.83. The summed E-state index contributed by atoms with van der Waals surface area (Å²) in [5.41, 5.74) is 1.06. The van der Waals surface area contributed by atoms with E-state index in [9.17, 15) is 4.39 Å². The molecule has 0 unspecified atom stereocenters. The summed E-state index contributed by atoms with van der Waals surface area (Å²) in [4.78, 5) is 0. The average Bonchev–Trinajstić information content (AvgIpc) is 2.70. The maximum Gasteiger partial charge on any atom is 0.129 e. The van der Waals surface area contributed by atoms with Crippen molar-refractivity contribution in [1.82, 2.24) is 5.32 Å². The van der Waals surface area contributed by atoms with Crippen LogP contribution in [-0.4, -0.2) is 6.54 Å². The van der Waals surface area contributed by atoms with Gasteiger partial charge in [0.05, 0.1) is 11.6 Å². The van der Waals surface area contributed by atoms with E-state index in [4.69, 9.17) is 5.26 Å². The van der Waals surface area contributed by atoms with E-state index in [0.29, 0.717) is 11.1 Å². The smallest absolute Gasteiger partial charge is 0.129 e. The molecule has 14 heavy (non-hydrogen) atoms. The standard InChI is InChI=1S/C11H11FN2/c12-10-6-8(7-13)3-4-9(10)11-2-1-5-14-11/h3-4,6,11,14H,1-2,5H2/t11-/m0/s1. The van der Waals surface area contributed by atoms with Crippen LogP contribution < -0.4 is 5.32 Å². The van der Waals surface area contributed by atoms with E-state index < -0.39 is 0 Å². The van der Waals surface area contributed by atoms with Crippen molar-refractivity contribution in [3.05, 3.63) is 35.1 Å². The molecule has 1 fully saturated rings. The van der Waals surface area contributed by atoms with Crippen molar-refractivity contribution in [2.75, 3.05) is 6.54 Å². The third kappa shape index (κ3) is 1.61. The summed E-state index contributed by atoms with van der Waals surface area (Å²) >= 11 is 0. The van der Waals surface area contributed by atoms with Crippen LogP contribution in [0.4, 0.5) is 4.39 Å². The lowest BCUT2D eigenvalue weighted by Crippen LogP contribution is -2.14. The van der Waals surface area contributed by atoms with Gasteiger partial charge < -0.3 is 5.32 Å². The molecule has 1 aliphatic heterocycles. The van der Waals surface area contributed by atoms with Crippen molar-refractivity contribution < 1.29 is 4.39 Å². The molecule has 0 radical (unpaired) electrons. The molecule has 2 nitrogen and oxygen atoms in total. The zero-order valence-corrected chi connectivity index (χ0v) is 7.76. The Hall–Kier alpha value is -1.40. The third-order valence-corrected chi connectivity index (χ3v) is 2.57. The number of benzene rings is 1. The minimum atomic E-state index is -0.275. The number of hydrogen-bond donors (Lipinski definition) is 1. The first-order chi connectivity index (χ1) is 6.81. The Kier molecular flexibility index (Phi) is 2.47. The zero-order chi connectivity index (χ0) is 9.97. The lowest BCUT2D eigenvalue weighted by molar-refractivity contribution is 0.558. The van der Waals surface area contributed by atoms with E-state index in [1.54, 1.807) is 12.1 Å². The number of hydrogen-bond acceptors (Lipinski definition) is 2. The minimum Gasteiger partial charge on any atom is -0.310 e.